The predicted octanol–water partition coefficient (Wildman–Crippen LogP) is 2.34. The molecule has 3 heteroatoms. The van der Waals surface area contributed by atoms with Crippen LogP contribution < -0.4 is 0 Å². The first-order chi connectivity index (χ1) is 7.81. The SMILES string of the molecule is OCCN1CCCCC1c1cccc(F)c1. The summed E-state index contributed by atoms with van der Waals surface area (Å²) in [5, 5.41) is 9.02. The Hall–Kier alpha value is -0.930. The molecule has 0 amide bonds. The van der Waals surface area contributed by atoms with Crippen molar-refractivity contribution in [3.63, 3.8) is 0 Å². The molecule has 1 N–H and O–H groups in total. The number of likely N-dealkylation sites (tertiary alicyclic amines) is 1. The van der Waals surface area contributed by atoms with E-state index in [1.807, 2.05) is 6.07 Å². The minimum atomic E-state index is -0.174. The fourth-order valence-corrected chi connectivity index (χ4v) is 2.48. The van der Waals surface area contributed by atoms with Gasteiger partial charge in [-0.15, -0.1) is 0 Å². The molecule has 88 valence electrons. The first-order valence-electron chi connectivity index (χ1n) is 5.91. The van der Waals surface area contributed by atoms with Crippen LogP contribution in [-0.4, -0.2) is 29.7 Å². The summed E-state index contributed by atoms with van der Waals surface area (Å²) in [4.78, 5) is 2.25. The zero-order valence-corrected chi connectivity index (χ0v) is 9.40. The van der Waals surface area contributed by atoms with Crippen molar-refractivity contribution in [1.82, 2.24) is 4.90 Å². The van der Waals surface area contributed by atoms with Crippen LogP contribution in [0.15, 0.2) is 24.3 Å². The molecular weight excluding hydrogens is 205 g/mol. The maximum absolute atomic E-state index is 13.2. The molecule has 2 nitrogen and oxygen atoms in total. The number of halogens is 1. The summed E-state index contributed by atoms with van der Waals surface area (Å²) in [5.41, 5.74) is 1.04. The minimum absolute atomic E-state index is 0.172. The first-order valence-corrected chi connectivity index (χ1v) is 5.91. The molecule has 16 heavy (non-hydrogen) atoms. The highest BCUT2D eigenvalue weighted by Crippen LogP contribution is 2.30. The lowest BCUT2D eigenvalue weighted by Crippen LogP contribution is -2.35. The van der Waals surface area contributed by atoms with Crippen LogP contribution in [0.1, 0.15) is 30.9 Å². The van der Waals surface area contributed by atoms with Gasteiger partial charge in [-0.05, 0) is 37.1 Å². The summed E-state index contributed by atoms with van der Waals surface area (Å²) in [5.74, 6) is -0.174. The molecule has 0 aliphatic carbocycles. The molecule has 2 rings (SSSR count). The van der Waals surface area contributed by atoms with E-state index in [4.69, 9.17) is 5.11 Å². The molecule has 1 aliphatic heterocycles. The van der Waals surface area contributed by atoms with E-state index in [1.165, 1.54) is 18.9 Å². The Morgan fingerprint density at radius 2 is 2.25 bits per heavy atom. The number of aliphatic hydroxyl groups is 1. The average Bonchev–Trinajstić information content (AvgIpc) is 2.30. The van der Waals surface area contributed by atoms with Gasteiger partial charge < -0.3 is 5.11 Å². The van der Waals surface area contributed by atoms with Gasteiger partial charge in [0.25, 0.3) is 0 Å². The Kier molecular flexibility index (Phi) is 3.91. The summed E-state index contributed by atoms with van der Waals surface area (Å²) < 4.78 is 13.2. The molecule has 1 aliphatic rings. The standard InChI is InChI=1S/C13H18FNO/c14-12-5-3-4-11(10-12)13-6-1-2-7-15(13)8-9-16/h3-5,10,13,16H,1-2,6-9H2. The van der Waals surface area contributed by atoms with E-state index in [0.717, 1.165) is 18.5 Å². The predicted molar refractivity (Wildman–Crippen MR) is 61.7 cm³/mol. The Bertz CT molecular complexity index is 340. The Morgan fingerprint density at radius 3 is 3.00 bits per heavy atom. The van der Waals surface area contributed by atoms with Gasteiger partial charge >= 0.3 is 0 Å². The third-order valence-electron chi connectivity index (χ3n) is 3.23. The van der Waals surface area contributed by atoms with Gasteiger partial charge in [0.1, 0.15) is 5.82 Å². The lowest BCUT2D eigenvalue weighted by Gasteiger charge is -2.35. The van der Waals surface area contributed by atoms with Crippen LogP contribution >= 0.6 is 0 Å². The van der Waals surface area contributed by atoms with Crippen molar-refractivity contribution in [1.29, 1.82) is 0 Å². The highest BCUT2D eigenvalue weighted by atomic mass is 19.1. The molecular formula is C13H18FNO. The van der Waals surface area contributed by atoms with E-state index in [-0.39, 0.29) is 18.5 Å². The second-order valence-corrected chi connectivity index (χ2v) is 4.33. The van der Waals surface area contributed by atoms with E-state index < -0.39 is 0 Å². The normalized spacial score (nSPS) is 22.2. The van der Waals surface area contributed by atoms with Crippen molar-refractivity contribution in [2.45, 2.75) is 25.3 Å². The minimum Gasteiger partial charge on any atom is -0.395 e. The maximum Gasteiger partial charge on any atom is 0.123 e. The van der Waals surface area contributed by atoms with Crippen molar-refractivity contribution in [3.8, 4) is 0 Å². The molecule has 1 saturated heterocycles. The lowest BCUT2D eigenvalue weighted by molar-refractivity contribution is 0.117. The Morgan fingerprint density at radius 1 is 1.38 bits per heavy atom. The Balaban J connectivity index is 2.16. The molecule has 1 heterocycles. The zero-order valence-electron chi connectivity index (χ0n) is 9.40. The topological polar surface area (TPSA) is 23.5 Å². The van der Waals surface area contributed by atoms with Crippen molar-refractivity contribution in [3.05, 3.63) is 35.6 Å². The summed E-state index contributed by atoms with van der Waals surface area (Å²) in [6, 6.07) is 7.10. The van der Waals surface area contributed by atoms with E-state index >= 15 is 0 Å². The van der Waals surface area contributed by atoms with Crippen LogP contribution in [0.25, 0.3) is 0 Å². The quantitative estimate of drug-likeness (QED) is 0.850. The van der Waals surface area contributed by atoms with Gasteiger partial charge in [0.05, 0.1) is 6.61 Å². The van der Waals surface area contributed by atoms with Gasteiger partial charge in [0, 0.05) is 12.6 Å². The lowest BCUT2D eigenvalue weighted by atomic mass is 9.95. The van der Waals surface area contributed by atoms with E-state index in [0.29, 0.717) is 6.54 Å². The monoisotopic (exact) mass is 223 g/mol. The molecule has 0 spiro atoms. The number of piperidine rings is 1. The molecule has 1 aromatic rings. The molecule has 0 saturated carbocycles. The largest absolute Gasteiger partial charge is 0.395 e. The van der Waals surface area contributed by atoms with E-state index in [2.05, 4.69) is 4.90 Å². The van der Waals surface area contributed by atoms with Gasteiger partial charge in [-0.1, -0.05) is 18.6 Å². The summed E-state index contributed by atoms with van der Waals surface area (Å²) >= 11 is 0. The van der Waals surface area contributed by atoms with Crippen LogP contribution in [0.3, 0.4) is 0 Å². The highest BCUT2D eigenvalue weighted by molar-refractivity contribution is 5.20. The van der Waals surface area contributed by atoms with E-state index in [9.17, 15) is 4.39 Å². The number of benzene rings is 1. The van der Waals surface area contributed by atoms with Crippen LogP contribution in [0.2, 0.25) is 0 Å². The van der Waals surface area contributed by atoms with E-state index in [1.54, 1.807) is 12.1 Å². The van der Waals surface area contributed by atoms with Gasteiger partial charge in [-0.2, -0.15) is 0 Å². The highest BCUT2D eigenvalue weighted by Gasteiger charge is 2.23. The molecule has 0 bridgehead atoms. The van der Waals surface area contributed by atoms with Gasteiger partial charge in [0.15, 0.2) is 0 Å². The number of rotatable bonds is 3. The number of hydrogen-bond donors (Lipinski definition) is 1. The second kappa shape index (κ2) is 5.41. The van der Waals surface area contributed by atoms with Crippen molar-refractivity contribution < 1.29 is 9.50 Å². The fraction of sp³-hybridized carbons (Fsp3) is 0.538. The van der Waals surface area contributed by atoms with Crippen molar-refractivity contribution in [2.24, 2.45) is 0 Å². The number of β-amino-alcohol motifs (C(OH)–C–C–N with tert-alkyl or cyclic N) is 1. The first kappa shape index (κ1) is 11.6. The summed E-state index contributed by atoms with van der Waals surface area (Å²) in [7, 11) is 0. The van der Waals surface area contributed by atoms with Crippen LogP contribution in [0.5, 0.6) is 0 Å². The summed E-state index contributed by atoms with van der Waals surface area (Å²) in [6.45, 7) is 1.86. The second-order valence-electron chi connectivity index (χ2n) is 4.33. The Labute approximate surface area is 95.7 Å². The molecule has 1 fully saturated rings. The smallest absolute Gasteiger partial charge is 0.123 e. The number of hydrogen-bond acceptors (Lipinski definition) is 2. The molecule has 0 radical (unpaired) electrons. The molecule has 1 unspecified atom stereocenters. The van der Waals surface area contributed by atoms with Gasteiger partial charge in [0.2, 0.25) is 0 Å². The number of aliphatic hydroxyl groups excluding tert-OH is 1. The fourth-order valence-electron chi connectivity index (χ4n) is 2.48. The van der Waals surface area contributed by atoms with Crippen molar-refractivity contribution in [2.75, 3.05) is 19.7 Å². The molecule has 1 atom stereocenters. The third kappa shape index (κ3) is 2.60. The van der Waals surface area contributed by atoms with Crippen LogP contribution in [-0.2, 0) is 0 Å². The van der Waals surface area contributed by atoms with Crippen molar-refractivity contribution >= 4 is 0 Å². The van der Waals surface area contributed by atoms with Crippen LogP contribution in [0.4, 0.5) is 4.39 Å². The molecule has 0 aromatic heterocycles. The average molecular weight is 223 g/mol. The van der Waals surface area contributed by atoms with Gasteiger partial charge in [-0.3, -0.25) is 4.90 Å². The van der Waals surface area contributed by atoms with Gasteiger partial charge in [-0.25, -0.2) is 4.39 Å². The van der Waals surface area contributed by atoms with Crippen LogP contribution in [0, 0.1) is 5.82 Å². The summed E-state index contributed by atoms with van der Waals surface area (Å²) in [6.07, 6.45) is 3.42. The number of nitrogens with zero attached hydrogens (tertiary/aromatic N) is 1. The third-order valence-corrected chi connectivity index (χ3v) is 3.23. The zero-order chi connectivity index (χ0) is 11.4. The maximum atomic E-state index is 13.2. The molecule has 1 aromatic carbocycles.